The van der Waals surface area contributed by atoms with E-state index in [2.05, 4.69) is 17.0 Å². The Labute approximate surface area is 267 Å². The number of carbonyl (C=O) groups excluding carboxylic acids is 2. The van der Waals surface area contributed by atoms with Crippen molar-refractivity contribution in [1.29, 1.82) is 0 Å². The molecule has 0 aromatic heterocycles. The van der Waals surface area contributed by atoms with Gasteiger partial charge in [0.15, 0.2) is 23.1 Å². The molecule has 0 spiro atoms. The molecule has 0 radical (unpaired) electrons. The van der Waals surface area contributed by atoms with Gasteiger partial charge < -0.3 is 14.4 Å². The van der Waals surface area contributed by atoms with Crippen LogP contribution in [0, 0.1) is 0 Å². The van der Waals surface area contributed by atoms with Gasteiger partial charge in [0.2, 0.25) is 0 Å². The highest BCUT2D eigenvalue weighted by molar-refractivity contribution is 6.35. The van der Waals surface area contributed by atoms with E-state index in [1.807, 2.05) is 30.3 Å². The molecule has 6 rings (SSSR count). The lowest BCUT2D eigenvalue weighted by atomic mass is 9.71. The van der Waals surface area contributed by atoms with Crippen molar-refractivity contribution < 1.29 is 19.1 Å². The van der Waals surface area contributed by atoms with Gasteiger partial charge in [-0.05, 0) is 67.5 Å². The van der Waals surface area contributed by atoms with Gasteiger partial charge in [0.05, 0.1) is 12.1 Å². The summed E-state index contributed by atoms with van der Waals surface area (Å²) in [7, 11) is 1.55. The van der Waals surface area contributed by atoms with Crippen LogP contribution in [0.25, 0.3) is 0 Å². The molecule has 1 aliphatic heterocycles. The Morgan fingerprint density at radius 2 is 1.49 bits per heavy atom. The summed E-state index contributed by atoms with van der Waals surface area (Å²) in [6, 6.07) is 19.2. The number of ketones is 2. The molecule has 222 valence electrons. The summed E-state index contributed by atoms with van der Waals surface area (Å²) in [5, 5.41) is 1.36. The Morgan fingerprint density at radius 3 is 2.12 bits per heavy atom. The van der Waals surface area contributed by atoms with Crippen LogP contribution in [0.3, 0.4) is 0 Å². The quantitative estimate of drug-likeness (QED) is 0.247. The molecule has 0 saturated heterocycles. The second kappa shape index (κ2) is 12.8. The minimum atomic E-state index is -0.496. The van der Waals surface area contributed by atoms with Crippen LogP contribution >= 0.6 is 34.8 Å². The summed E-state index contributed by atoms with van der Waals surface area (Å²) < 4.78 is 11.9. The zero-order valence-electron chi connectivity index (χ0n) is 23.9. The van der Waals surface area contributed by atoms with Gasteiger partial charge >= 0.3 is 0 Å². The minimum absolute atomic E-state index is 0.0914. The summed E-state index contributed by atoms with van der Waals surface area (Å²) in [5.41, 5.74) is 6.25. The van der Waals surface area contributed by atoms with Crippen LogP contribution in [0.2, 0.25) is 15.1 Å². The third kappa shape index (κ3) is 5.95. The molecule has 1 heterocycles. The van der Waals surface area contributed by atoms with Crippen molar-refractivity contribution in [3.63, 3.8) is 0 Å². The molecule has 0 bridgehead atoms. The number of hydrogen-bond donors (Lipinski definition) is 0. The van der Waals surface area contributed by atoms with E-state index in [0.717, 1.165) is 61.2 Å². The molecule has 2 aliphatic carbocycles. The van der Waals surface area contributed by atoms with Crippen molar-refractivity contribution >= 4 is 46.4 Å². The maximum atomic E-state index is 13.7. The van der Waals surface area contributed by atoms with Crippen molar-refractivity contribution in [2.45, 2.75) is 57.5 Å². The molecule has 0 unspecified atom stereocenters. The average Bonchev–Trinajstić information content (AvgIpc) is 3.00. The van der Waals surface area contributed by atoms with Crippen LogP contribution in [-0.2, 0) is 22.6 Å². The lowest BCUT2D eigenvalue weighted by molar-refractivity contribution is -0.117. The summed E-state index contributed by atoms with van der Waals surface area (Å²) in [6.07, 6.45) is 4.94. The van der Waals surface area contributed by atoms with Gasteiger partial charge in [-0.1, -0.05) is 71.2 Å². The van der Waals surface area contributed by atoms with E-state index in [-0.39, 0.29) is 18.2 Å². The normalized spacial score (nSPS) is 17.3. The van der Waals surface area contributed by atoms with Crippen molar-refractivity contribution in [1.82, 2.24) is 4.90 Å². The van der Waals surface area contributed by atoms with E-state index in [1.54, 1.807) is 25.3 Å². The number of ether oxygens (including phenoxy) is 2. The Bertz CT molecular complexity index is 1600. The second-order valence-corrected chi connectivity index (χ2v) is 12.4. The van der Waals surface area contributed by atoms with Gasteiger partial charge in [0.25, 0.3) is 0 Å². The molecule has 43 heavy (non-hydrogen) atoms. The van der Waals surface area contributed by atoms with Crippen LogP contribution in [0.4, 0.5) is 0 Å². The maximum absolute atomic E-state index is 13.7. The van der Waals surface area contributed by atoms with Gasteiger partial charge in [-0.15, -0.1) is 0 Å². The molecule has 0 saturated carbocycles. The predicted molar refractivity (Wildman–Crippen MR) is 170 cm³/mol. The van der Waals surface area contributed by atoms with Crippen LogP contribution in [0.5, 0.6) is 11.5 Å². The van der Waals surface area contributed by atoms with Gasteiger partial charge in [0.1, 0.15) is 6.61 Å². The number of Topliss-reactive ketones (excluding diaryl/α,β-unsaturated/α-hetero) is 2. The number of allylic oxidation sites excluding steroid dienone is 4. The van der Waals surface area contributed by atoms with Crippen molar-refractivity contribution in [2.75, 3.05) is 13.7 Å². The third-order valence-electron chi connectivity index (χ3n) is 8.53. The average molecular weight is 637 g/mol. The van der Waals surface area contributed by atoms with Gasteiger partial charge in [-0.2, -0.15) is 0 Å². The van der Waals surface area contributed by atoms with Crippen LogP contribution in [-0.4, -0.2) is 30.1 Å². The maximum Gasteiger partial charge on any atom is 0.180 e. The van der Waals surface area contributed by atoms with E-state index in [0.29, 0.717) is 50.6 Å². The molecule has 0 N–H and O–H groups in total. The van der Waals surface area contributed by atoms with Gasteiger partial charge in [-0.3, -0.25) is 9.59 Å². The first kappa shape index (κ1) is 29.8. The monoisotopic (exact) mass is 635 g/mol. The van der Waals surface area contributed by atoms with Crippen LogP contribution in [0.15, 0.2) is 83.2 Å². The Balaban J connectivity index is 1.40. The number of benzene rings is 3. The lowest BCUT2D eigenvalue weighted by Gasteiger charge is -2.44. The second-order valence-electron chi connectivity index (χ2n) is 11.2. The number of nitrogens with zero attached hydrogens (tertiary/aromatic N) is 1. The summed E-state index contributed by atoms with van der Waals surface area (Å²) in [4.78, 5) is 29.7. The molecular formula is C35H32Cl3NO4. The third-order valence-corrected chi connectivity index (χ3v) is 9.39. The molecule has 0 atom stereocenters. The van der Waals surface area contributed by atoms with E-state index in [1.165, 1.54) is 5.56 Å². The number of methoxy groups -OCH3 is 1. The lowest BCUT2D eigenvalue weighted by Crippen LogP contribution is -2.40. The van der Waals surface area contributed by atoms with Crippen molar-refractivity contribution in [3.8, 4) is 11.5 Å². The predicted octanol–water partition coefficient (Wildman–Crippen LogP) is 8.89. The fourth-order valence-corrected chi connectivity index (χ4v) is 7.28. The van der Waals surface area contributed by atoms with Crippen LogP contribution < -0.4 is 9.47 Å². The van der Waals surface area contributed by atoms with Crippen molar-refractivity contribution in [2.24, 2.45) is 0 Å². The summed E-state index contributed by atoms with van der Waals surface area (Å²) in [5.74, 6) is 0.481. The highest BCUT2D eigenvalue weighted by Gasteiger charge is 2.43. The highest BCUT2D eigenvalue weighted by atomic mass is 35.5. The molecule has 3 aliphatic rings. The molecule has 5 nitrogen and oxygen atoms in total. The standard InChI is InChI=1S/C35H32Cl3NO4/c1-42-31-18-23(17-26(38)35(31)43-20-22-13-14-24(36)19-25(22)37)32-33-27(9-5-11-29(33)40)39(16-15-21-7-3-2-4-8-21)28-10-6-12-30(41)34(28)32/h2-4,7-8,13-14,17-19,32H,5-6,9-12,15-16,20H2,1H3. The highest BCUT2D eigenvalue weighted by Crippen LogP contribution is 2.51. The number of rotatable bonds is 8. The number of halogens is 3. The minimum Gasteiger partial charge on any atom is -0.493 e. The smallest absolute Gasteiger partial charge is 0.180 e. The Morgan fingerprint density at radius 1 is 0.814 bits per heavy atom. The fourth-order valence-electron chi connectivity index (χ4n) is 6.54. The van der Waals surface area contributed by atoms with Crippen LogP contribution in [0.1, 0.15) is 61.1 Å². The van der Waals surface area contributed by atoms with E-state index >= 15 is 0 Å². The first-order valence-electron chi connectivity index (χ1n) is 14.6. The van der Waals surface area contributed by atoms with Gasteiger partial charge in [0, 0.05) is 63.5 Å². The number of carbonyl (C=O) groups is 2. The van der Waals surface area contributed by atoms with Gasteiger partial charge in [-0.25, -0.2) is 0 Å². The molecular weight excluding hydrogens is 605 g/mol. The molecule has 8 heteroatoms. The molecule has 3 aromatic carbocycles. The van der Waals surface area contributed by atoms with E-state index in [9.17, 15) is 9.59 Å². The van der Waals surface area contributed by atoms with E-state index in [4.69, 9.17) is 44.3 Å². The number of hydrogen-bond acceptors (Lipinski definition) is 5. The zero-order valence-corrected chi connectivity index (χ0v) is 26.2. The Hall–Kier alpha value is -3.25. The topological polar surface area (TPSA) is 55.8 Å². The first-order valence-corrected chi connectivity index (χ1v) is 15.8. The first-order chi connectivity index (χ1) is 20.9. The summed E-state index contributed by atoms with van der Waals surface area (Å²) >= 11 is 19.3. The van der Waals surface area contributed by atoms with Crippen molar-refractivity contribution in [3.05, 3.63) is 115 Å². The van der Waals surface area contributed by atoms with E-state index < -0.39 is 5.92 Å². The zero-order chi connectivity index (χ0) is 30.1. The largest absolute Gasteiger partial charge is 0.493 e. The fraction of sp³-hybridized carbons (Fsp3) is 0.314. The Kier molecular flexibility index (Phi) is 8.85. The molecule has 0 fully saturated rings. The summed E-state index contributed by atoms with van der Waals surface area (Å²) in [6.45, 7) is 0.881. The SMILES string of the molecule is COc1cc(C2C3=C(CCCC3=O)N(CCc3ccccc3)C3=C2C(=O)CCC3)cc(Cl)c1OCc1ccc(Cl)cc1Cl. The molecule has 3 aromatic rings. The molecule has 0 amide bonds.